The summed E-state index contributed by atoms with van der Waals surface area (Å²) in [5.74, 6) is 0.936. The Morgan fingerprint density at radius 1 is 1.47 bits per heavy atom. The highest BCUT2D eigenvalue weighted by Crippen LogP contribution is 2.29. The third-order valence-electron chi connectivity index (χ3n) is 3.40. The van der Waals surface area contributed by atoms with E-state index in [0.29, 0.717) is 5.56 Å². The zero-order valence-electron chi connectivity index (χ0n) is 10.9. The van der Waals surface area contributed by atoms with Crippen molar-refractivity contribution in [3.8, 4) is 0 Å². The Hall–Kier alpha value is -0.790. The molecule has 7 heteroatoms. The average Bonchev–Trinajstić information content (AvgIpc) is 2.86. The summed E-state index contributed by atoms with van der Waals surface area (Å²) in [5, 5.41) is 0. The van der Waals surface area contributed by atoms with Crippen LogP contribution in [0.2, 0.25) is 0 Å². The van der Waals surface area contributed by atoms with Crippen molar-refractivity contribution in [2.24, 2.45) is 0 Å². The Kier molecular flexibility index (Phi) is 4.08. The zero-order valence-corrected chi connectivity index (χ0v) is 12.5. The van der Waals surface area contributed by atoms with Gasteiger partial charge in [-0.15, -0.1) is 0 Å². The van der Waals surface area contributed by atoms with Gasteiger partial charge in [-0.05, 0) is 36.8 Å². The lowest BCUT2D eigenvalue weighted by Gasteiger charge is -2.23. The first-order chi connectivity index (χ1) is 8.84. The number of nitrogens with zero attached hydrogens (tertiary/aromatic N) is 1. The average molecular weight is 304 g/mol. The molecule has 0 saturated carbocycles. The summed E-state index contributed by atoms with van der Waals surface area (Å²) in [7, 11) is -2.33. The van der Waals surface area contributed by atoms with Crippen LogP contribution in [0.15, 0.2) is 17.0 Å². The van der Waals surface area contributed by atoms with Crippen molar-refractivity contribution in [2.75, 3.05) is 24.3 Å². The minimum absolute atomic E-state index is 0.0723. The molecule has 1 fully saturated rings. The van der Waals surface area contributed by atoms with Crippen molar-refractivity contribution in [2.45, 2.75) is 24.3 Å². The van der Waals surface area contributed by atoms with Gasteiger partial charge in [0, 0.05) is 24.5 Å². The molecule has 0 bridgehead atoms. The van der Waals surface area contributed by atoms with Crippen molar-refractivity contribution in [1.82, 2.24) is 4.31 Å². The van der Waals surface area contributed by atoms with Gasteiger partial charge in [0.25, 0.3) is 0 Å². The standard InChI is InChI=1S/C12H17FN2O2S2/c1-8-5-10(13)12(6-11(8)14)19(16,17)15(2)9-3-4-18-7-9/h5-6,9H,3-4,7,14H2,1-2H3. The fourth-order valence-corrected chi connectivity index (χ4v) is 4.85. The molecule has 2 rings (SSSR count). The second kappa shape index (κ2) is 5.30. The fourth-order valence-electron chi connectivity index (χ4n) is 2.03. The van der Waals surface area contributed by atoms with Gasteiger partial charge < -0.3 is 5.73 Å². The lowest BCUT2D eigenvalue weighted by Crippen LogP contribution is -2.37. The summed E-state index contributed by atoms with van der Waals surface area (Å²) in [6.07, 6.45) is 0.795. The van der Waals surface area contributed by atoms with Gasteiger partial charge in [0.2, 0.25) is 10.0 Å². The maximum Gasteiger partial charge on any atom is 0.246 e. The molecule has 0 aliphatic carbocycles. The smallest absolute Gasteiger partial charge is 0.246 e. The number of anilines is 1. The maximum atomic E-state index is 13.9. The number of aryl methyl sites for hydroxylation is 1. The van der Waals surface area contributed by atoms with E-state index in [-0.39, 0.29) is 16.6 Å². The van der Waals surface area contributed by atoms with Gasteiger partial charge in [-0.3, -0.25) is 0 Å². The molecular formula is C12H17FN2O2S2. The van der Waals surface area contributed by atoms with Crippen LogP contribution in [0, 0.1) is 12.7 Å². The Morgan fingerprint density at radius 3 is 2.74 bits per heavy atom. The molecule has 106 valence electrons. The number of nitrogen functional groups attached to an aromatic ring is 1. The molecule has 1 aromatic rings. The first-order valence-corrected chi connectivity index (χ1v) is 8.55. The summed E-state index contributed by atoms with van der Waals surface area (Å²) in [6.45, 7) is 1.64. The molecule has 1 saturated heterocycles. The molecular weight excluding hydrogens is 287 g/mol. The predicted molar refractivity (Wildman–Crippen MR) is 76.2 cm³/mol. The number of halogens is 1. The summed E-state index contributed by atoms with van der Waals surface area (Å²) in [4.78, 5) is -0.338. The van der Waals surface area contributed by atoms with Crippen molar-refractivity contribution < 1.29 is 12.8 Å². The maximum absolute atomic E-state index is 13.9. The van der Waals surface area contributed by atoms with Crippen LogP contribution in [-0.4, -0.2) is 37.3 Å². The minimum atomic E-state index is -3.83. The van der Waals surface area contributed by atoms with Gasteiger partial charge in [-0.25, -0.2) is 12.8 Å². The van der Waals surface area contributed by atoms with Crippen LogP contribution in [0.3, 0.4) is 0 Å². The summed E-state index contributed by atoms with van der Waals surface area (Å²) >= 11 is 1.71. The number of benzene rings is 1. The van der Waals surface area contributed by atoms with E-state index in [0.717, 1.165) is 17.9 Å². The summed E-state index contributed by atoms with van der Waals surface area (Å²) < 4.78 is 40.0. The Morgan fingerprint density at radius 2 is 2.16 bits per heavy atom. The zero-order chi connectivity index (χ0) is 14.2. The lowest BCUT2D eigenvalue weighted by atomic mass is 10.2. The Labute approximate surface area is 117 Å². The van der Waals surface area contributed by atoms with Gasteiger partial charge in [0.1, 0.15) is 10.7 Å². The number of hydrogen-bond acceptors (Lipinski definition) is 4. The molecule has 1 aromatic carbocycles. The Bertz CT molecular complexity index is 584. The molecule has 1 aliphatic rings. The van der Waals surface area contributed by atoms with Crippen LogP contribution in [0.1, 0.15) is 12.0 Å². The second-order valence-corrected chi connectivity index (χ2v) is 7.79. The third-order valence-corrected chi connectivity index (χ3v) is 6.47. The monoisotopic (exact) mass is 304 g/mol. The van der Waals surface area contributed by atoms with Gasteiger partial charge in [-0.1, -0.05) is 0 Å². The molecule has 2 N–H and O–H groups in total. The van der Waals surface area contributed by atoms with E-state index >= 15 is 0 Å². The second-order valence-electron chi connectivity index (χ2n) is 4.68. The van der Waals surface area contributed by atoms with Gasteiger partial charge in [-0.2, -0.15) is 16.1 Å². The van der Waals surface area contributed by atoms with E-state index in [9.17, 15) is 12.8 Å². The van der Waals surface area contributed by atoms with Crippen molar-refractivity contribution in [1.29, 1.82) is 0 Å². The normalized spacial score (nSPS) is 20.1. The number of nitrogens with two attached hydrogens (primary N) is 1. The van der Waals surface area contributed by atoms with Gasteiger partial charge in [0.05, 0.1) is 0 Å². The molecule has 1 unspecified atom stereocenters. The van der Waals surface area contributed by atoms with Gasteiger partial charge >= 0.3 is 0 Å². The highest BCUT2D eigenvalue weighted by molar-refractivity contribution is 7.99. The minimum Gasteiger partial charge on any atom is -0.398 e. The molecule has 1 heterocycles. The van der Waals surface area contributed by atoms with E-state index < -0.39 is 15.8 Å². The highest BCUT2D eigenvalue weighted by atomic mass is 32.2. The molecule has 1 atom stereocenters. The van der Waals surface area contributed by atoms with Gasteiger partial charge in [0.15, 0.2) is 0 Å². The van der Waals surface area contributed by atoms with Crippen molar-refractivity contribution in [3.05, 3.63) is 23.5 Å². The molecule has 0 amide bonds. The Balaban J connectivity index is 2.41. The lowest BCUT2D eigenvalue weighted by molar-refractivity contribution is 0.392. The van der Waals surface area contributed by atoms with Crippen LogP contribution in [0.5, 0.6) is 0 Å². The van der Waals surface area contributed by atoms with Crippen LogP contribution < -0.4 is 5.73 Å². The van der Waals surface area contributed by atoms with E-state index in [4.69, 9.17) is 5.73 Å². The SMILES string of the molecule is Cc1cc(F)c(S(=O)(=O)N(C)C2CCSC2)cc1N. The van der Waals surface area contributed by atoms with E-state index in [2.05, 4.69) is 0 Å². The quantitative estimate of drug-likeness (QED) is 0.866. The highest BCUT2D eigenvalue weighted by Gasteiger charge is 2.32. The van der Waals surface area contributed by atoms with E-state index in [1.54, 1.807) is 18.7 Å². The van der Waals surface area contributed by atoms with Crippen LogP contribution in [-0.2, 0) is 10.0 Å². The number of thioether (sulfide) groups is 1. The molecule has 0 radical (unpaired) electrons. The number of rotatable bonds is 3. The van der Waals surface area contributed by atoms with E-state index in [1.165, 1.54) is 23.5 Å². The topological polar surface area (TPSA) is 63.4 Å². The van der Waals surface area contributed by atoms with Crippen molar-refractivity contribution in [3.63, 3.8) is 0 Å². The van der Waals surface area contributed by atoms with Crippen LogP contribution in [0.25, 0.3) is 0 Å². The molecule has 0 spiro atoms. The van der Waals surface area contributed by atoms with Crippen molar-refractivity contribution >= 4 is 27.5 Å². The summed E-state index contributed by atoms with van der Waals surface area (Å²) in [5.41, 5.74) is 6.51. The van der Waals surface area contributed by atoms with Crippen LogP contribution >= 0.6 is 11.8 Å². The molecule has 0 aromatic heterocycles. The number of hydrogen-bond donors (Lipinski definition) is 1. The third kappa shape index (κ3) is 2.73. The molecule has 4 nitrogen and oxygen atoms in total. The number of sulfonamides is 1. The fraction of sp³-hybridized carbons (Fsp3) is 0.500. The molecule has 1 aliphatic heterocycles. The molecule has 19 heavy (non-hydrogen) atoms. The van der Waals surface area contributed by atoms with E-state index in [1.807, 2.05) is 0 Å². The predicted octanol–water partition coefficient (Wildman–Crippen LogP) is 1.84. The first kappa shape index (κ1) is 14.6. The first-order valence-electron chi connectivity index (χ1n) is 5.95. The van der Waals surface area contributed by atoms with Crippen LogP contribution in [0.4, 0.5) is 10.1 Å². The summed E-state index contributed by atoms with van der Waals surface area (Å²) in [6, 6.07) is 2.30. The largest absolute Gasteiger partial charge is 0.398 e.